The number of halogens is 1. The maximum Gasteiger partial charge on any atom is 0.202 e. The number of methoxy groups -OCH3 is 1. The van der Waals surface area contributed by atoms with Crippen LogP contribution >= 0.6 is 23.1 Å². The van der Waals surface area contributed by atoms with E-state index in [1.807, 2.05) is 24.3 Å². The van der Waals surface area contributed by atoms with E-state index in [-0.39, 0.29) is 0 Å². The van der Waals surface area contributed by atoms with Gasteiger partial charge in [0.15, 0.2) is 0 Å². The number of aromatic nitrogens is 2. The average Bonchev–Trinajstić information content (AvgIpc) is 2.80. The third-order valence-corrected chi connectivity index (χ3v) is 3.44. The van der Waals surface area contributed by atoms with Crippen molar-refractivity contribution in [1.82, 2.24) is 9.36 Å². The van der Waals surface area contributed by atoms with E-state index in [9.17, 15) is 0 Å². The molecule has 1 heterocycles. The quantitative estimate of drug-likeness (QED) is 0.828. The Morgan fingerprint density at radius 3 is 3.00 bits per heavy atom. The fraction of sp³-hybridized carbons (Fsp3) is 0.333. The van der Waals surface area contributed by atoms with Crippen LogP contribution < -0.4 is 5.32 Å². The van der Waals surface area contributed by atoms with Gasteiger partial charge in [-0.15, -0.1) is 0 Å². The molecular formula is C12H14ClN3OS. The highest BCUT2D eigenvalue weighted by Gasteiger charge is 2.06. The van der Waals surface area contributed by atoms with Crippen LogP contribution in [0.5, 0.6) is 0 Å². The van der Waals surface area contributed by atoms with Crippen molar-refractivity contribution in [2.45, 2.75) is 6.42 Å². The summed E-state index contributed by atoms with van der Waals surface area (Å²) in [7, 11) is 1.67. The third kappa shape index (κ3) is 3.66. The molecule has 0 fully saturated rings. The Labute approximate surface area is 115 Å². The van der Waals surface area contributed by atoms with Crippen LogP contribution in [0, 0.1) is 0 Å². The molecule has 0 radical (unpaired) electrons. The minimum atomic E-state index is 0.652. The molecule has 1 aromatic heterocycles. The molecule has 2 aromatic rings. The van der Waals surface area contributed by atoms with E-state index in [2.05, 4.69) is 14.7 Å². The minimum absolute atomic E-state index is 0.652. The van der Waals surface area contributed by atoms with Gasteiger partial charge in [-0.05, 0) is 11.6 Å². The van der Waals surface area contributed by atoms with Gasteiger partial charge in [0.1, 0.15) is 5.82 Å². The standard InChI is InChI=1S/C12H14ClN3OS/c1-17-7-6-14-12-15-11(16-18-12)8-9-4-2-3-5-10(9)13/h2-5H,6-8H2,1H3,(H,14,15,16). The SMILES string of the molecule is COCCNc1nc(Cc2ccccc2Cl)ns1. The van der Waals surface area contributed by atoms with Crippen LogP contribution in [0.15, 0.2) is 24.3 Å². The fourth-order valence-electron chi connectivity index (χ4n) is 1.47. The second-order valence-electron chi connectivity index (χ2n) is 3.70. The first kappa shape index (κ1) is 13.3. The molecule has 4 nitrogen and oxygen atoms in total. The normalized spacial score (nSPS) is 10.6. The summed E-state index contributed by atoms with van der Waals surface area (Å²) in [4.78, 5) is 4.40. The van der Waals surface area contributed by atoms with Crippen LogP contribution in [0.25, 0.3) is 0 Å². The summed E-state index contributed by atoms with van der Waals surface area (Å²) >= 11 is 7.45. The van der Waals surface area contributed by atoms with Crippen molar-refractivity contribution in [1.29, 1.82) is 0 Å². The van der Waals surface area contributed by atoms with Crippen molar-refractivity contribution in [2.24, 2.45) is 0 Å². The summed E-state index contributed by atoms with van der Waals surface area (Å²) in [6.07, 6.45) is 0.655. The summed E-state index contributed by atoms with van der Waals surface area (Å²) in [6.45, 7) is 1.39. The topological polar surface area (TPSA) is 47.0 Å². The van der Waals surface area contributed by atoms with Crippen molar-refractivity contribution >= 4 is 28.3 Å². The number of ether oxygens (including phenoxy) is 1. The predicted molar refractivity (Wildman–Crippen MR) is 74.5 cm³/mol. The van der Waals surface area contributed by atoms with Gasteiger partial charge in [0.05, 0.1) is 6.61 Å². The van der Waals surface area contributed by atoms with Crippen molar-refractivity contribution in [3.63, 3.8) is 0 Å². The molecule has 18 heavy (non-hydrogen) atoms. The number of nitrogens with one attached hydrogen (secondary N) is 1. The molecule has 0 aliphatic rings. The van der Waals surface area contributed by atoms with Gasteiger partial charge in [0.25, 0.3) is 0 Å². The maximum absolute atomic E-state index is 6.10. The summed E-state index contributed by atoms with van der Waals surface area (Å²) in [5.74, 6) is 0.785. The van der Waals surface area contributed by atoms with E-state index in [0.29, 0.717) is 13.0 Å². The minimum Gasteiger partial charge on any atom is -0.383 e. The monoisotopic (exact) mass is 283 g/mol. The molecule has 0 spiro atoms. The molecule has 1 N–H and O–H groups in total. The van der Waals surface area contributed by atoms with Gasteiger partial charge in [-0.25, -0.2) is 4.98 Å². The highest BCUT2D eigenvalue weighted by atomic mass is 35.5. The maximum atomic E-state index is 6.10. The lowest BCUT2D eigenvalue weighted by Crippen LogP contribution is -2.07. The third-order valence-electron chi connectivity index (χ3n) is 2.36. The van der Waals surface area contributed by atoms with Crippen LogP contribution in [-0.2, 0) is 11.2 Å². The number of rotatable bonds is 6. The molecule has 0 unspecified atom stereocenters. The lowest BCUT2D eigenvalue weighted by Gasteiger charge is -2.00. The Morgan fingerprint density at radius 2 is 2.22 bits per heavy atom. The van der Waals surface area contributed by atoms with Crippen LogP contribution in [0.1, 0.15) is 11.4 Å². The van der Waals surface area contributed by atoms with Crippen LogP contribution in [0.4, 0.5) is 5.13 Å². The van der Waals surface area contributed by atoms with E-state index >= 15 is 0 Å². The molecule has 0 saturated heterocycles. The van der Waals surface area contributed by atoms with E-state index in [4.69, 9.17) is 16.3 Å². The molecular weight excluding hydrogens is 270 g/mol. The number of nitrogens with zero attached hydrogens (tertiary/aromatic N) is 2. The molecule has 0 aliphatic heterocycles. The van der Waals surface area contributed by atoms with Gasteiger partial charge in [-0.1, -0.05) is 29.8 Å². The fourth-order valence-corrected chi connectivity index (χ4v) is 2.28. The zero-order valence-electron chi connectivity index (χ0n) is 10.0. The first-order valence-electron chi connectivity index (χ1n) is 5.58. The molecule has 0 amide bonds. The van der Waals surface area contributed by atoms with Gasteiger partial charge in [0, 0.05) is 36.6 Å². The van der Waals surface area contributed by atoms with E-state index in [1.54, 1.807) is 7.11 Å². The molecule has 0 bridgehead atoms. The molecule has 2 rings (SSSR count). The lowest BCUT2D eigenvalue weighted by molar-refractivity contribution is 0.211. The first-order chi connectivity index (χ1) is 8.79. The van der Waals surface area contributed by atoms with Crippen LogP contribution in [-0.4, -0.2) is 29.6 Å². The lowest BCUT2D eigenvalue weighted by atomic mass is 10.1. The van der Waals surface area contributed by atoms with E-state index in [1.165, 1.54) is 11.5 Å². The Bertz CT molecular complexity index is 504. The molecule has 0 atom stereocenters. The molecule has 0 aliphatic carbocycles. The highest BCUT2D eigenvalue weighted by molar-refractivity contribution is 7.09. The number of hydrogen-bond acceptors (Lipinski definition) is 5. The van der Waals surface area contributed by atoms with Crippen molar-refractivity contribution in [3.05, 3.63) is 40.7 Å². The summed E-state index contributed by atoms with van der Waals surface area (Å²) < 4.78 is 9.26. The Hall–Kier alpha value is -1.17. The van der Waals surface area contributed by atoms with Gasteiger partial charge in [0.2, 0.25) is 5.13 Å². The molecule has 1 aromatic carbocycles. The van der Waals surface area contributed by atoms with Gasteiger partial charge < -0.3 is 10.1 Å². The largest absolute Gasteiger partial charge is 0.383 e. The predicted octanol–water partition coefficient (Wildman–Crippen LogP) is 2.84. The Morgan fingerprint density at radius 1 is 1.39 bits per heavy atom. The van der Waals surface area contributed by atoms with Crippen molar-refractivity contribution in [3.8, 4) is 0 Å². The second kappa shape index (κ2) is 6.68. The average molecular weight is 284 g/mol. The zero-order valence-corrected chi connectivity index (χ0v) is 11.6. The smallest absolute Gasteiger partial charge is 0.202 e. The van der Waals surface area contributed by atoms with Gasteiger partial charge >= 0.3 is 0 Å². The first-order valence-corrected chi connectivity index (χ1v) is 6.73. The summed E-state index contributed by atoms with van der Waals surface area (Å²) in [6, 6.07) is 7.74. The Kier molecular flexibility index (Phi) is 4.92. The van der Waals surface area contributed by atoms with Crippen molar-refractivity contribution < 1.29 is 4.74 Å². The van der Waals surface area contributed by atoms with Gasteiger partial charge in [-0.2, -0.15) is 4.37 Å². The zero-order chi connectivity index (χ0) is 12.8. The summed E-state index contributed by atoms with van der Waals surface area (Å²) in [5.41, 5.74) is 1.04. The Balaban J connectivity index is 1.96. The van der Waals surface area contributed by atoms with Crippen LogP contribution in [0.3, 0.4) is 0 Å². The van der Waals surface area contributed by atoms with Gasteiger partial charge in [-0.3, -0.25) is 0 Å². The molecule has 6 heteroatoms. The van der Waals surface area contributed by atoms with E-state index < -0.39 is 0 Å². The highest BCUT2D eigenvalue weighted by Crippen LogP contribution is 2.19. The molecule has 96 valence electrons. The molecule has 0 saturated carbocycles. The van der Waals surface area contributed by atoms with Crippen LogP contribution in [0.2, 0.25) is 5.02 Å². The van der Waals surface area contributed by atoms with Crippen molar-refractivity contribution in [2.75, 3.05) is 25.6 Å². The number of benzene rings is 1. The number of anilines is 1. The second-order valence-corrected chi connectivity index (χ2v) is 4.86. The van der Waals surface area contributed by atoms with E-state index in [0.717, 1.165) is 28.1 Å². The summed E-state index contributed by atoms with van der Waals surface area (Å²) in [5, 5.41) is 4.72. The number of hydrogen-bond donors (Lipinski definition) is 1.